The molecule has 0 spiro atoms. The number of alkyl halides is 1. The van der Waals surface area contributed by atoms with Gasteiger partial charge in [-0.15, -0.1) is 11.6 Å². The van der Waals surface area contributed by atoms with Gasteiger partial charge in [0.25, 0.3) is 0 Å². The van der Waals surface area contributed by atoms with Crippen molar-refractivity contribution in [1.29, 1.82) is 0 Å². The maximum absolute atomic E-state index is 6.05. The Balaban J connectivity index is 2.35. The summed E-state index contributed by atoms with van der Waals surface area (Å²) in [6, 6.07) is 6.71. The molecule has 1 aromatic rings. The maximum Gasteiger partial charge on any atom is 0.0557 e. The van der Waals surface area contributed by atoms with Crippen molar-refractivity contribution in [3.8, 4) is 0 Å². The minimum absolute atomic E-state index is 0.146. The molecule has 0 radical (unpaired) electrons. The predicted octanol–water partition coefficient (Wildman–Crippen LogP) is 3.87. The summed E-state index contributed by atoms with van der Waals surface area (Å²) in [5.41, 5.74) is 4.32. The number of rotatable bonds is 1. The monoisotopic (exact) mass is 194 g/mol. The highest BCUT2D eigenvalue weighted by molar-refractivity contribution is 6.20. The number of aryl methyl sites for hydroxylation is 2. The van der Waals surface area contributed by atoms with Crippen LogP contribution in [0, 0.1) is 0 Å². The molecule has 1 unspecified atom stereocenters. The molecular formula is C12H15Cl. The molecule has 0 heterocycles. The fourth-order valence-corrected chi connectivity index (χ4v) is 2.14. The van der Waals surface area contributed by atoms with Gasteiger partial charge in [0.2, 0.25) is 0 Å². The third kappa shape index (κ3) is 1.88. The van der Waals surface area contributed by atoms with Crippen molar-refractivity contribution in [3.05, 3.63) is 34.9 Å². The van der Waals surface area contributed by atoms with Crippen LogP contribution in [0.25, 0.3) is 0 Å². The average Bonchev–Trinajstić information content (AvgIpc) is 2.17. The van der Waals surface area contributed by atoms with Gasteiger partial charge in [-0.1, -0.05) is 18.2 Å². The first kappa shape index (κ1) is 9.08. The summed E-state index contributed by atoms with van der Waals surface area (Å²) in [5, 5.41) is 0.146. The standard InChI is InChI=1S/C12H15Cl/c1-9(13)11-7-6-10-4-2-3-5-12(10)8-11/h6-9H,2-5H2,1H3. The normalized spacial score (nSPS) is 18.0. The molecule has 1 aromatic carbocycles. The van der Waals surface area contributed by atoms with Crippen LogP contribution in [0.1, 0.15) is 41.8 Å². The first-order valence-corrected chi connectivity index (χ1v) is 5.47. The Bertz CT molecular complexity index is 302. The van der Waals surface area contributed by atoms with Gasteiger partial charge in [-0.2, -0.15) is 0 Å². The zero-order valence-corrected chi connectivity index (χ0v) is 8.77. The molecule has 1 heteroatoms. The molecule has 2 rings (SSSR count). The third-order valence-electron chi connectivity index (χ3n) is 2.83. The summed E-state index contributed by atoms with van der Waals surface area (Å²) in [4.78, 5) is 0. The van der Waals surface area contributed by atoms with Crippen LogP contribution < -0.4 is 0 Å². The van der Waals surface area contributed by atoms with E-state index in [1.54, 1.807) is 0 Å². The average molecular weight is 195 g/mol. The zero-order chi connectivity index (χ0) is 9.26. The second kappa shape index (κ2) is 3.71. The predicted molar refractivity (Wildman–Crippen MR) is 57.4 cm³/mol. The van der Waals surface area contributed by atoms with E-state index in [1.165, 1.54) is 42.4 Å². The molecular weight excluding hydrogens is 180 g/mol. The van der Waals surface area contributed by atoms with Crippen LogP contribution in [0.5, 0.6) is 0 Å². The molecule has 0 nitrogen and oxygen atoms in total. The fourth-order valence-electron chi connectivity index (χ4n) is 2.00. The molecule has 1 aliphatic rings. The first-order valence-electron chi connectivity index (χ1n) is 5.03. The molecule has 1 aliphatic carbocycles. The largest absolute Gasteiger partial charge is 0.118 e. The maximum atomic E-state index is 6.05. The Morgan fingerprint density at radius 1 is 1.15 bits per heavy atom. The minimum Gasteiger partial charge on any atom is -0.118 e. The van der Waals surface area contributed by atoms with Crippen molar-refractivity contribution in [1.82, 2.24) is 0 Å². The highest BCUT2D eigenvalue weighted by Gasteiger charge is 2.10. The lowest BCUT2D eigenvalue weighted by Crippen LogP contribution is -2.03. The number of hydrogen-bond donors (Lipinski definition) is 0. The van der Waals surface area contributed by atoms with Gasteiger partial charge in [0, 0.05) is 0 Å². The zero-order valence-electron chi connectivity index (χ0n) is 8.02. The molecule has 0 amide bonds. The van der Waals surface area contributed by atoms with Crippen LogP contribution in [0.3, 0.4) is 0 Å². The molecule has 0 saturated heterocycles. The lowest BCUT2D eigenvalue weighted by molar-refractivity contribution is 0.684. The SMILES string of the molecule is CC(Cl)c1ccc2c(c1)CCCC2. The van der Waals surface area contributed by atoms with Gasteiger partial charge in [-0.25, -0.2) is 0 Å². The van der Waals surface area contributed by atoms with E-state index in [0.29, 0.717) is 0 Å². The van der Waals surface area contributed by atoms with Crippen molar-refractivity contribution in [2.75, 3.05) is 0 Å². The minimum atomic E-state index is 0.146. The summed E-state index contributed by atoms with van der Waals surface area (Å²) in [6.45, 7) is 2.03. The van der Waals surface area contributed by atoms with Crippen LogP contribution in [0.4, 0.5) is 0 Å². The summed E-state index contributed by atoms with van der Waals surface area (Å²) < 4.78 is 0. The van der Waals surface area contributed by atoms with Gasteiger partial charge in [-0.3, -0.25) is 0 Å². The number of fused-ring (bicyclic) bond motifs is 1. The van der Waals surface area contributed by atoms with Crippen molar-refractivity contribution in [3.63, 3.8) is 0 Å². The highest BCUT2D eigenvalue weighted by atomic mass is 35.5. The number of hydrogen-bond acceptors (Lipinski definition) is 0. The quantitative estimate of drug-likeness (QED) is 0.596. The Kier molecular flexibility index (Phi) is 2.59. The van der Waals surface area contributed by atoms with E-state index in [0.717, 1.165) is 0 Å². The Morgan fingerprint density at radius 3 is 2.54 bits per heavy atom. The lowest BCUT2D eigenvalue weighted by atomic mass is 9.90. The molecule has 0 N–H and O–H groups in total. The van der Waals surface area contributed by atoms with Crippen molar-refractivity contribution < 1.29 is 0 Å². The molecule has 0 aliphatic heterocycles. The Hall–Kier alpha value is -0.490. The molecule has 1 atom stereocenters. The van der Waals surface area contributed by atoms with E-state index < -0.39 is 0 Å². The molecule has 0 aromatic heterocycles. The molecule has 0 fully saturated rings. The van der Waals surface area contributed by atoms with E-state index >= 15 is 0 Å². The third-order valence-corrected chi connectivity index (χ3v) is 3.08. The molecule has 0 bridgehead atoms. The first-order chi connectivity index (χ1) is 6.27. The smallest absolute Gasteiger partial charge is 0.0557 e. The van der Waals surface area contributed by atoms with Gasteiger partial charge >= 0.3 is 0 Å². The van der Waals surface area contributed by atoms with Gasteiger partial charge in [-0.05, 0) is 49.3 Å². The summed E-state index contributed by atoms with van der Waals surface area (Å²) in [6.07, 6.45) is 5.19. The summed E-state index contributed by atoms with van der Waals surface area (Å²) in [7, 11) is 0. The highest BCUT2D eigenvalue weighted by Crippen LogP contribution is 2.26. The van der Waals surface area contributed by atoms with E-state index in [4.69, 9.17) is 11.6 Å². The molecule has 70 valence electrons. The van der Waals surface area contributed by atoms with Crippen LogP contribution in [-0.2, 0) is 12.8 Å². The Morgan fingerprint density at radius 2 is 1.85 bits per heavy atom. The van der Waals surface area contributed by atoms with Crippen molar-refractivity contribution >= 4 is 11.6 Å². The lowest BCUT2D eigenvalue weighted by Gasteiger charge is -2.17. The van der Waals surface area contributed by atoms with Gasteiger partial charge in [0.15, 0.2) is 0 Å². The van der Waals surface area contributed by atoms with E-state index in [2.05, 4.69) is 18.2 Å². The van der Waals surface area contributed by atoms with E-state index in [-0.39, 0.29) is 5.38 Å². The van der Waals surface area contributed by atoms with Crippen molar-refractivity contribution in [2.24, 2.45) is 0 Å². The van der Waals surface area contributed by atoms with E-state index in [1.807, 2.05) is 6.92 Å². The van der Waals surface area contributed by atoms with Gasteiger partial charge < -0.3 is 0 Å². The van der Waals surface area contributed by atoms with Crippen molar-refractivity contribution in [2.45, 2.75) is 38.0 Å². The van der Waals surface area contributed by atoms with Gasteiger partial charge in [0.05, 0.1) is 5.38 Å². The second-order valence-electron chi connectivity index (χ2n) is 3.85. The fraction of sp³-hybridized carbons (Fsp3) is 0.500. The molecule has 13 heavy (non-hydrogen) atoms. The summed E-state index contributed by atoms with van der Waals surface area (Å²) >= 11 is 6.05. The van der Waals surface area contributed by atoms with Crippen LogP contribution in [-0.4, -0.2) is 0 Å². The van der Waals surface area contributed by atoms with Crippen LogP contribution >= 0.6 is 11.6 Å². The Labute approximate surface area is 84.9 Å². The molecule has 0 saturated carbocycles. The van der Waals surface area contributed by atoms with Gasteiger partial charge in [0.1, 0.15) is 0 Å². The van der Waals surface area contributed by atoms with Crippen LogP contribution in [0.2, 0.25) is 0 Å². The number of benzene rings is 1. The topological polar surface area (TPSA) is 0 Å². The van der Waals surface area contributed by atoms with Crippen LogP contribution in [0.15, 0.2) is 18.2 Å². The number of halogens is 1. The second-order valence-corrected chi connectivity index (χ2v) is 4.51. The summed E-state index contributed by atoms with van der Waals surface area (Å²) in [5.74, 6) is 0. The van der Waals surface area contributed by atoms with E-state index in [9.17, 15) is 0 Å².